The van der Waals surface area contributed by atoms with Crippen molar-refractivity contribution in [2.75, 3.05) is 50.1 Å². The molecule has 2 amide bonds. The molecule has 2 aliphatic heterocycles. The standard InChI is InChI=1S/C30H29FN4O5/c31-23-6-4-21(32-29(36)19-3-8-27-28(17-19)40-14-13-39-27)18-25(23)34-30(37)26-16-20-15-22(5-7-24(20)33-26)38-12-11-35-9-1-2-10-35/h3-8,15-18,33H,1-2,9-14H2,(H,32,36)(H,34,37). The van der Waals surface area contributed by atoms with E-state index >= 15 is 0 Å². The van der Waals surface area contributed by atoms with Crippen LogP contribution in [-0.2, 0) is 0 Å². The van der Waals surface area contributed by atoms with Gasteiger partial charge in [0.2, 0.25) is 0 Å². The van der Waals surface area contributed by atoms with Crippen molar-refractivity contribution in [1.82, 2.24) is 9.88 Å². The summed E-state index contributed by atoms with van der Waals surface area (Å²) in [6, 6.07) is 16.2. The summed E-state index contributed by atoms with van der Waals surface area (Å²) in [5.41, 5.74) is 1.66. The molecule has 9 nitrogen and oxygen atoms in total. The first-order valence-electron chi connectivity index (χ1n) is 13.3. The Labute approximate surface area is 230 Å². The number of nitrogens with zero attached hydrogens (tertiary/aromatic N) is 1. The highest BCUT2D eigenvalue weighted by Gasteiger charge is 2.17. The number of ether oxygens (including phenoxy) is 3. The van der Waals surface area contributed by atoms with Crippen LogP contribution < -0.4 is 24.8 Å². The molecule has 3 aromatic carbocycles. The van der Waals surface area contributed by atoms with E-state index in [0.717, 1.165) is 36.3 Å². The van der Waals surface area contributed by atoms with Gasteiger partial charge in [0.25, 0.3) is 11.8 Å². The Balaban J connectivity index is 1.11. The zero-order valence-corrected chi connectivity index (χ0v) is 21.8. The Morgan fingerprint density at radius 1 is 0.900 bits per heavy atom. The van der Waals surface area contributed by atoms with Crippen LogP contribution in [0.1, 0.15) is 33.7 Å². The van der Waals surface area contributed by atoms with E-state index in [0.29, 0.717) is 42.6 Å². The number of nitrogens with one attached hydrogen (secondary N) is 3. The van der Waals surface area contributed by atoms with E-state index in [4.69, 9.17) is 14.2 Å². The SMILES string of the molecule is O=C(Nc1ccc(F)c(NC(=O)c2cc3cc(OCCN4CCCC4)ccc3[nH]2)c1)c1ccc2c(c1)OCCO2. The smallest absolute Gasteiger partial charge is 0.272 e. The molecule has 2 aliphatic rings. The van der Waals surface area contributed by atoms with Crippen LogP contribution in [0.2, 0.25) is 0 Å². The Morgan fingerprint density at radius 2 is 1.73 bits per heavy atom. The van der Waals surface area contributed by atoms with Crippen LogP contribution in [0.25, 0.3) is 10.9 Å². The van der Waals surface area contributed by atoms with Crippen molar-refractivity contribution in [1.29, 1.82) is 0 Å². The third kappa shape index (κ3) is 5.72. The molecule has 0 aliphatic carbocycles. The molecule has 0 radical (unpaired) electrons. The van der Waals surface area contributed by atoms with Gasteiger partial charge < -0.3 is 29.8 Å². The minimum absolute atomic E-state index is 0.0606. The van der Waals surface area contributed by atoms with Gasteiger partial charge in [-0.25, -0.2) is 4.39 Å². The maximum Gasteiger partial charge on any atom is 0.272 e. The minimum Gasteiger partial charge on any atom is -0.492 e. The number of likely N-dealkylation sites (tertiary alicyclic amines) is 1. The quantitative estimate of drug-likeness (QED) is 0.287. The topological polar surface area (TPSA) is 105 Å². The lowest BCUT2D eigenvalue weighted by Crippen LogP contribution is -2.25. The lowest BCUT2D eigenvalue weighted by Gasteiger charge is -2.18. The van der Waals surface area contributed by atoms with Gasteiger partial charge in [0, 0.05) is 28.7 Å². The molecule has 0 spiro atoms. The summed E-state index contributed by atoms with van der Waals surface area (Å²) < 4.78 is 31.5. The summed E-state index contributed by atoms with van der Waals surface area (Å²) in [5.74, 6) is 0.246. The number of carbonyl (C=O) groups excluding carboxylic acids is 2. The molecule has 1 saturated heterocycles. The Bertz CT molecular complexity index is 1560. The van der Waals surface area contributed by atoms with Gasteiger partial charge in [-0.3, -0.25) is 14.5 Å². The van der Waals surface area contributed by atoms with Crippen LogP contribution in [0.3, 0.4) is 0 Å². The van der Waals surface area contributed by atoms with Crippen molar-refractivity contribution >= 4 is 34.1 Å². The van der Waals surface area contributed by atoms with E-state index in [-0.39, 0.29) is 11.4 Å². The van der Waals surface area contributed by atoms with Crippen molar-refractivity contribution in [3.63, 3.8) is 0 Å². The molecule has 6 rings (SSSR count). The molecule has 0 saturated carbocycles. The highest BCUT2D eigenvalue weighted by molar-refractivity contribution is 6.07. The number of anilines is 2. The summed E-state index contributed by atoms with van der Waals surface area (Å²) in [4.78, 5) is 31.2. The zero-order valence-electron chi connectivity index (χ0n) is 21.8. The second-order valence-electron chi connectivity index (χ2n) is 9.79. The molecule has 10 heteroatoms. The number of hydrogen-bond acceptors (Lipinski definition) is 6. The van der Waals surface area contributed by atoms with E-state index in [9.17, 15) is 14.0 Å². The summed E-state index contributed by atoms with van der Waals surface area (Å²) in [5, 5.41) is 6.13. The number of hydrogen-bond donors (Lipinski definition) is 3. The van der Waals surface area contributed by atoms with E-state index in [2.05, 4.69) is 20.5 Å². The molecule has 3 heterocycles. The van der Waals surface area contributed by atoms with Gasteiger partial charge in [0.1, 0.15) is 37.1 Å². The molecule has 1 aromatic heterocycles. The number of rotatable bonds is 8. The number of H-pyrrole nitrogens is 1. The fourth-order valence-corrected chi connectivity index (χ4v) is 4.90. The Hall–Kier alpha value is -4.57. The minimum atomic E-state index is -0.629. The predicted octanol–water partition coefficient (Wildman–Crippen LogP) is 5.06. The summed E-state index contributed by atoms with van der Waals surface area (Å²) in [6.45, 7) is 4.59. The predicted molar refractivity (Wildman–Crippen MR) is 149 cm³/mol. The van der Waals surface area contributed by atoms with Crippen molar-refractivity contribution in [2.45, 2.75) is 12.8 Å². The van der Waals surface area contributed by atoms with Gasteiger partial charge >= 0.3 is 0 Å². The average molecular weight is 545 g/mol. The lowest BCUT2D eigenvalue weighted by atomic mass is 10.1. The van der Waals surface area contributed by atoms with E-state index in [1.54, 1.807) is 24.3 Å². The second kappa shape index (κ2) is 11.3. The molecule has 40 heavy (non-hydrogen) atoms. The van der Waals surface area contributed by atoms with Crippen molar-refractivity contribution < 1.29 is 28.2 Å². The largest absolute Gasteiger partial charge is 0.492 e. The molecular weight excluding hydrogens is 515 g/mol. The zero-order chi connectivity index (χ0) is 27.5. The number of benzene rings is 3. The highest BCUT2D eigenvalue weighted by Crippen LogP contribution is 2.31. The number of aromatic nitrogens is 1. The monoisotopic (exact) mass is 544 g/mol. The third-order valence-electron chi connectivity index (χ3n) is 6.99. The maximum absolute atomic E-state index is 14.6. The average Bonchev–Trinajstić information content (AvgIpc) is 3.64. The molecule has 0 atom stereocenters. The van der Waals surface area contributed by atoms with Crippen LogP contribution in [-0.4, -0.2) is 61.2 Å². The van der Waals surface area contributed by atoms with E-state index < -0.39 is 17.6 Å². The summed E-state index contributed by atoms with van der Waals surface area (Å²) >= 11 is 0. The molecule has 1 fully saturated rings. The fourth-order valence-electron chi connectivity index (χ4n) is 4.90. The number of amides is 2. The van der Waals surface area contributed by atoms with Crippen molar-refractivity contribution in [2.24, 2.45) is 0 Å². The number of carbonyl (C=O) groups is 2. The van der Waals surface area contributed by atoms with Crippen LogP contribution in [0, 0.1) is 5.82 Å². The summed E-state index contributed by atoms with van der Waals surface area (Å²) in [7, 11) is 0. The van der Waals surface area contributed by atoms with Crippen LogP contribution in [0.4, 0.5) is 15.8 Å². The lowest BCUT2D eigenvalue weighted by molar-refractivity contribution is 0.101. The van der Waals surface area contributed by atoms with Gasteiger partial charge in [-0.05, 0) is 86.6 Å². The van der Waals surface area contributed by atoms with E-state index in [1.807, 2.05) is 18.2 Å². The van der Waals surface area contributed by atoms with Gasteiger partial charge in [-0.2, -0.15) is 0 Å². The molecule has 3 N–H and O–H groups in total. The Morgan fingerprint density at radius 3 is 2.58 bits per heavy atom. The number of aromatic amines is 1. The Kier molecular flexibility index (Phi) is 7.24. The van der Waals surface area contributed by atoms with E-state index in [1.165, 1.54) is 31.0 Å². The highest BCUT2D eigenvalue weighted by atomic mass is 19.1. The summed E-state index contributed by atoms with van der Waals surface area (Å²) in [6.07, 6.45) is 2.48. The van der Waals surface area contributed by atoms with Gasteiger partial charge in [-0.15, -0.1) is 0 Å². The first kappa shape index (κ1) is 25.7. The van der Waals surface area contributed by atoms with Crippen LogP contribution in [0.15, 0.2) is 60.7 Å². The number of halogens is 1. The van der Waals surface area contributed by atoms with Crippen molar-refractivity contribution in [3.05, 3.63) is 77.7 Å². The molecule has 0 unspecified atom stereocenters. The van der Waals surface area contributed by atoms with Crippen LogP contribution in [0.5, 0.6) is 17.2 Å². The van der Waals surface area contributed by atoms with Gasteiger partial charge in [-0.1, -0.05) is 0 Å². The van der Waals surface area contributed by atoms with Gasteiger partial charge in [0.05, 0.1) is 5.69 Å². The van der Waals surface area contributed by atoms with Gasteiger partial charge in [0.15, 0.2) is 11.5 Å². The molecule has 0 bridgehead atoms. The fraction of sp³-hybridized carbons (Fsp3) is 0.267. The second-order valence-corrected chi connectivity index (χ2v) is 9.79. The first-order chi connectivity index (χ1) is 19.5. The molecule has 206 valence electrons. The van der Waals surface area contributed by atoms with Crippen LogP contribution >= 0.6 is 0 Å². The normalized spacial score (nSPS) is 14.7. The third-order valence-corrected chi connectivity index (χ3v) is 6.99. The molecule has 4 aromatic rings. The molecular formula is C30H29FN4O5. The number of fused-ring (bicyclic) bond motifs is 2. The maximum atomic E-state index is 14.6. The van der Waals surface area contributed by atoms with Crippen molar-refractivity contribution in [3.8, 4) is 17.2 Å². The first-order valence-corrected chi connectivity index (χ1v) is 13.3.